The number of nitriles is 1. The van der Waals surface area contributed by atoms with Crippen LogP contribution in [0.15, 0.2) is 23.0 Å². The Balaban J connectivity index is 2.11. The number of benzene rings is 1. The summed E-state index contributed by atoms with van der Waals surface area (Å²) in [4.78, 5) is 25.6. The predicted molar refractivity (Wildman–Crippen MR) is 123 cm³/mol. The van der Waals surface area contributed by atoms with Crippen LogP contribution in [0, 0.1) is 11.3 Å². The predicted octanol–water partition coefficient (Wildman–Crippen LogP) is 1.48. The van der Waals surface area contributed by atoms with Crippen molar-refractivity contribution in [2.24, 2.45) is 0 Å². The van der Waals surface area contributed by atoms with Gasteiger partial charge < -0.3 is 16.8 Å². The number of nitrogen functional groups attached to an aromatic ring is 2. The summed E-state index contributed by atoms with van der Waals surface area (Å²) in [6.45, 7) is 1.81. The third-order valence-corrected chi connectivity index (χ3v) is 6.01. The first-order valence-corrected chi connectivity index (χ1v) is 11.9. The lowest BCUT2D eigenvalue weighted by atomic mass is 10.2. The largest absolute Gasteiger partial charge is 0.382 e. The van der Waals surface area contributed by atoms with Gasteiger partial charge in [0.05, 0.1) is 27.7 Å². The molecule has 0 saturated heterocycles. The molecule has 3 rings (SSSR count). The molecular weight excluding hydrogens is 456 g/mol. The van der Waals surface area contributed by atoms with Gasteiger partial charge in [-0.1, -0.05) is 17.7 Å². The van der Waals surface area contributed by atoms with Crippen LogP contribution in [0.4, 0.5) is 17.6 Å². The number of nitrogens with one attached hydrogen (secondary N) is 1. The van der Waals surface area contributed by atoms with Gasteiger partial charge in [-0.25, -0.2) is 13.4 Å². The maximum Gasteiger partial charge on any atom is 0.262 e. The van der Waals surface area contributed by atoms with Crippen LogP contribution in [0.25, 0.3) is 10.9 Å². The summed E-state index contributed by atoms with van der Waals surface area (Å²) in [6.07, 6.45) is 1.33. The lowest BCUT2D eigenvalue weighted by Gasteiger charge is -2.21. The van der Waals surface area contributed by atoms with E-state index >= 15 is 0 Å². The molecule has 1 atom stereocenters. The summed E-state index contributed by atoms with van der Waals surface area (Å²) < 4.78 is 24.5. The van der Waals surface area contributed by atoms with Gasteiger partial charge in [0, 0.05) is 12.8 Å². The number of hydrogen-bond acceptors (Lipinski definition) is 10. The van der Waals surface area contributed by atoms with Crippen LogP contribution in [0.2, 0.25) is 5.02 Å². The van der Waals surface area contributed by atoms with Gasteiger partial charge in [0.25, 0.3) is 5.56 Å². The number of anilines is 3. The van der Waals surface area contributed by atoms with E-state index < -0.39 is 21.4 Å². The lowest BCUT2D eigenvalue weighted by molar-refractivity contribution is 0.568. The highest BCUT2D eigenvalue weighted by atomic mass is 35.5. The van der Waals surface area contributed by atoms with Crippen molar-refractivity contribution in [2.75, 3.05) is 28.8 Å². The first-order valence-electron chi connectivity index (χ1n) is 9.48. The van der Waals surface area contributed by atoms with Crippen LogP contribution in [0.3, 0.4) is 0 Å². The fourth-order valence-electron chi connectivity index (χ4n) is 3.25. The van der Waals surface area contributed by atoms with Gasteiger partial charge in [0.1, 0.15) is 33.1 Å². The number of rotatable bonds is 7. The Labute approximate surface area is 189 Å². The Morgan fingerprint density at radius 3 is 2.66 bits per heavy atom. The van der Waals surface area contributed by atoms with Crippen LogP contribution in [-0.2, 0) is 16.4 Å². The molecule has 0 aliphatic heterocycles. The van der Waals surface area contributed by atoms with Crippen molar-refractivity contribution in [3.63, 3.8) is 0 Å². The normalized spacial score (nSPS) is 12.4. The molecule has 32 heavy (non-hydrogen) atoms. The van der Waals surface area contributed by atoms with E-state index in [4.69, 9.17) is 23.1 Å². The first-order chi connectivity index (χ1) is 15.0. The number of nitrogens with two attached hydrogens (primary N) is 2. The van der Waals surface area contributed by atoms with E-state index in [0.717, 1.165) is 6.26 Å². The molecule has 3 aromatic rings. The van der Waals surface area contributed by atoms with Crippen LogP contribution < -0.4 is 22.3 Å². The lowest BCUT2D eigenvalue weighted by Crippen LogP contribution is -2.29. The molecule has 0 aliphatic carbocycles. The highest BCUT2D eigenvalue weighted by Crippen LogP contribution is 2.25. The molecule has 0 amide bonds. The quantitative estimate of drug-likeness (QED) is 0.451. The molecule has 0 bridgehead atoms. The molecule has 1 unspecified atom stereocenters. The fraction of sp³-hybridized carbons (Fsp3) is 0.316. The average Bonchev–Trinajstić information content (AvgIpc) is 2.68. The van der Waals surface area contributed by atoms with Crippen molar-refractivity contribution in [1.82, 2.24) is 19.5 Å². The summed E-state index contributed by atoms with van der Waals surface area (Å²) in [6, 6.07) is 6.20. The van der Waals surface area contributed by atoms with Crippen LogP contribution in [0.1, 0.15) is 30.8 Å². The smallest absolute Gasteiger partial charge is 0.262 e. The Kier molecular flexibility index (Phi) is 6.52. The summed E-state index contributed by atoms with van der Waals surface area (Å²) in [5.74, 6) is 0.0863. The van der Waals surface area contributed by atoms with Gasteiger partial charge in [0.2, 0.25) is 5.95 Å². The van der Waals surface area contributed by atoms with Gasteiger partial charge >= 0.3 is 0 Å². The molecule has 2 heterocycles. The van der Waals surface area contributed by atoms with Gasteiger partial charge in [-0.3, -0.25) is 9.36 Å². The topological polar surface area (TPSA) is 183 Å². The summed E-state index contributed by atoms with van der Waals surface area (Å²) in [5.41, 5.74) is 11.4. The van der Waals surface area contributed by atoms with Crippen molar-refractivity contribution in [3.8, 4) is 6.07 Å². The number of hydrogen-bond donors (Lipinski definition) is 3. The second-order valence-electron chi connectivity index (χ2n) is 7.21. The van der Waals surface area contributed by atoms with Gasteiger partial charge in [-0.15, -0.1) is 0 Å². The van der Waals surface area contributed by atoms with E-state index in [9.17, 15) is 18.5 Å². The van der Waals surface area contributed by atoms with Crippen molar-refractivity contribution in [2.45, 2.75) is 25.9 Å². The molecule has 11 nitrogen and oxygen atoms in total. The zero-order chi connectivity index (χ0) is 23.6. The third kappa shape index (κ3) is 4.90. The zero-order valence-corrected chi connectivity index (χ0v) is 18.9. The van der Waals surface area contributed by atoms with E-state index in [1.54, 1.807) is 25.1 Å². The van der Waals surface area contributed by atoms with Gasteiger partial charge in [-0.2, -0.15) is 15.2 Å². The molecule has 0 radical (unpaired) electrons. The van der Waals surface area contributed by atoms with Gasteiger partial charge in [0.15, 0.2) is 5.82 Å². The summed E-state index contributed by atoms with van der Waals surface area (Å²) >= 11 is 6.23. The molecule has 5 N–H and O–H groups in total. The number of halogens is 1. The molecule has 1 aromatic carbocycles. The number of sulfone groups is 1. The molecular formula is C19H21ClN8O3S. The van der Waals surface area contributed by atoms with E-state index in [-0.39, 0.29) is 52.3 Å². The fourth-order valence-corrected chi connectivity index (χ4v) is 4.16. The Morgan fingerprint density at radius 1 is 1.28 bits per heavy atom. The van der Waals surface area contributed by atoms with Crippen molar-refractivity contribution < 1.29 is 8.42 Å². The minimum Gasteiger partial charge on any atom is -0.382 e. The van der Waals surface area contributed by atoms with Crippen LogP contribution in [-0.4, -0.2) is 39.9 Å². The second kappa shape index (κ2) is 8.97. The van der Waals surface area contributed by atoms with E-state index in [1.165, 1.54) is 4.57 Å². The number of nitrogens with zero attached hydrogens (tertiary/aromatic N) is 5. The molecule has 0 saturated carbocycles. The molecule has 2 aromatic heterocycles. The third-order valence-electron chi connectivity index (χ3n) is 4.67. The summed E-state index contributed by atoms with van der Waals surface area (Å²) in [5, 5.41) is 12.9. The summed E-state index contributed by atoms with van der Waals surface area (Å²) in [7, 11) is -3.22. The van der Waals surface area contributed by atoms with E-state index in [2.05, 4.69) is 20.3 Å². The first kappa shape index (κ1) is 23.2. The molecule has 168 valence electrons. The van der Waals surface area contributed by atoms with Crippen LogP contribution >= 0.6 is 11.6 Å². The molecule has 13 heteroatoms. The van der Waals surface area contributed by atoms with Crippen molar-refractivity contribution >= 4 is 49.9 Å². The average molecular weight is 477 g/mol. The highest BCUT2D eigenvalue weighted by Gasteiger charge is 2.21. The standard InChI is InChI=1S/C19H21ClN8O3S/c1-10(24-16-11(9-21)15(22)26-19(23)27-16)17-25-13-6-3-5-12(20)14(13)18(29)28(17)7-4-8-32(2,30)31/h3,5-6,10H,4,7-8H2,1-2H3,(H5,22,23,24,26,27). The van der Waals surface area contributed by atoms with Crippen LogP contribution in [0.5, 0.6) is 0 Å². The Bertz CT molecular complexity index is 1400. The number of fused-ring (bicyclic) bond motifs is 1. The minimum atomic E-state index is -3.22. The molecule has 0 fully saturated rings. The number of aromatic nitrogens is 4. The maximum atomic E-state index is 13.3. The minimum absolute atomic E-state index is 0.000793. The Morgan fingerprint density at radius 2 is 2.00 bits per heavy atom. The highest BCUT2D eigenvalue weighted by molar-refractivity contribution is 7.90. The molecule has 0 aliphatic rings. The van der Waals surface area contributed by atoms with Crippen molar-refractivity contribution in [3.05, 3.63) is 45.0 Å². The monoisotopic (exact) mass is 476 g/mol. The van der Waals surface area contributed by atoms with E-state index in [0.29, 0.717) is 11.3 Å². The van der Waals surface area contributed by atoms with Crippen molar-refractivity contribution in [1.29, 1.82) is 5.26 Å². The molecule has 0 spiro atoms. The maximum absolute atomic E-state index is 13.3. The zero-order valence-electron chi connectivity index (χ0n) is 17.3. The Hall–Kier alpha value is -3.43. The van der Waals surface area contributed by atoms with Gasteiger partial charge in [-0.05, 0) is 25.5 Å². The SMILES string of the molecule is CC(Nc1nc(N)nc(N)c1C#N)c1nc2cccc(Cl)c2c(=O)n1CCCS(C)(=O)=O. The van der Waals surface area contributed by atoms with E-state index in [1.807, 2.05) is 6.07 Å². The second-order valence-corrected chi connectivity index (χ2v) is 9.88.